The summed E-state index contributed by atoms with van der Waals surface area (Å²) >= 11 is 1.56. The van der Waals surface area contributed by atoms with E-state index in [0.29, 0.717) is 23.4 Å². The third kappa shape index (κ3) is 2.83. The molecular formula is C16H14N2O2S. The summed E-state index contributed by atoms with van der Waals surface area (Å²) in [4.78, 5) is 29.4. The number of hydrogen-bond donors (Lipinski definition) is 1. The summed E-state index contributed by atoms with van der Waals surface area (Å²) in [5.41, 5.74) is 2.03. The first-order valence-electron chi connectivity index (χ1n) is 6.69. The topological polar surface area (TPSA) is 59.1 Å². The molecule has 4 nitrogen and oxygen atoms in total. The van der Waals surface area contributed by atoms with Crippen LogP contribution in [0.3, 0.4) is 0 Å². The van der Waals surface area contributed by atoms with Crippen molar-refractivity contribution in [1.29, 1.82) is 0 Å². The Hall–Kier alpha value is -2.14. The van der Waals surface area contributed by atoms with Crippen LogP contribution in [0.25, 0.3) is 0 Å². The molecule has 21 heavy (non-hydrogen) atoms. The highest BCUT2D eigenvalue weighted by atomic mass is 32.2. The lowest BCUT2D eigenvalue weighted by molar-refractivity contribution is 0.0984. The van der Waals surface area contributed by atoms with Gasteiger partial charge in [-0.25, -0.2) is 4.98 Å². The van der Waals surface area contributed by atoms with E-state index in [1.54, 1.807) is 36.0 Å². The Morgan fingerprint density at radius 3 is 2.86 bits per heavy atom. The molecule has 0 unspecified atom stereocenters. The van der Waals surface area contributed by atoms with Crippen molar-refractivity contribution in [2.45, 2.75) is 18.2 Å². The molecule has 1 aliphatic rings. The molecule has 2 aromatic rings. The van der Waals surface area contributed by atoms with Crippen LogP contribution >= 0.6 is 11.8 Å². The molecule has 1 aliphatic heterocycles. The van der Waals surface area contributed by atoms with E-state index in [1.807, 2.05) is 19.1 Å². The standard InChI is InChI=1S/C16H14N2O2S/c1-10-4-2-7-14(17-10)18-16(20)12-6-3-5-11-13(19)8-9-21-15(11)12/h2-7H,8-9H2,1H3,(H,17,18,20). The number of aromatic nitrogens is 1. The van der Waals surface area contributed by atoms with Gasteiger partial charge in [0.2, 0.25) is 0 Å². The van der Waals surface area contributed by atoms with E-state index < -0.39 is 0 Å². The molecule has 1 N–H and O–H groups in total. The number of carbonyl (C=O) groups is 2. The minimum atomic E-state index is -0.229. The number of ketones is 1. The number of anilines is 1. The van der Waals surface area contributed by atoms with Gasteiger partial charge in [0.15, 0.2) is 5.78 Å². The van der Waals surface area contributed by atoms with E-state index in [0.717, 1.165) is 16.3 Å². The van der Waals surface area contributed by atoms with Gasteiger partial charge in [0, 0.05) is 28.3 Å². The van der Waals surface area contributed by atoms with E-state index in [9.17, 15) is 9.59 Å². The second-order valence-electron chi connectivity index (χ2n) is 4.82. The number of amides is 1. The SMILES string of the molecule is Cc1cccc(NC(=O)c2cccc3c2SCCC3=O)n1. The Morgan fingerprint density at radius 1 is 1.24 bits per heavy atom. The summed E-state index contributed by atoms with van der Waals surface area (Å²) in [5, 5.41) is 2.79. The molecule has 1 aromatic heterocycles. The molecular weight excluding hydrogens is 284 g/mol. The van der Waals surface area contributed by atoms with Crippen LogP contribution in [0.5, 0.6) is 0 Å². The molecule has 2 heterocycles. The minimum absolute atomic E-state index is 0.104. The quantitative estimate of drug-likeness (QED) is 0.924. The molecule has 0 atom stereocenters. The van der Waals surface area contributed by atoms with Gasteiger partial charge in [-0.2, -0.15) is 0 Å². The van der Waals surface area contributed by atoms with Crippen molar-refractivity contribution in [3.8, 4) is 0 Å². The summed E-state index contributed by atoms with van der Waals surface area (Å²) in [6.07, 6.45) is 0.530. The van der Waals surface area contributed by atoms with Gasteiger partial charge >= 0.3 is 0 Å². The van der Waals surface area contributed by atoms with Crippen LogP contribution in [-0.2, 0) is 0 Å². The highest BCUT2D eigenvalue weighted by molar-refractivity contribution is 7.99. The molecule has 0 aliphatic carbocycles. The predicted octanol–water partition coefficient (Wildman–Crippen LogP) is 3.32. The van der Waals surface area contributed by atoms with Crippen molar-refractivity contribution in [2.75, 3.05) is 11.1 Å². The largest absolute Gasteiger partial charge is 0.307 e. The molecule has 0 saturated heterocycles. The Balaban J connectivity index is 1.92. The average Bonchev–Trinajstić information content (AvgIpc) is 2.47. The molecule has 106 valence electrons. The van der Waals surface area contributed by atoms with Crippen LogP contribution in [0.1, 0.15) is 32.8 Å². The van der Waals surface area contributed by atoms with Crippen LogP contribution in [0.2, 0.25) is 0 Å². The van der Waals surface area contributed by atoms with Crippen LogP contribution in [0, 0.1) is 6.92 Å². The van der Waals surface area contributed by atoms with Crippen LogP contribution in [-0.4, -0.2) is 22.4 Å². The predicted molar refractivity (Wildman–Crippen MR) is 83.0 cm³/mol. The van der Waals surface area contributed by atoms with Gasteiger partial charge in [0.05, 0.1) is 5.56 Å². The molecule has 0 saturated carbocycles. The highest BCUT2D eigenvalue weighted by Crippen LogP contribution is 2.33. The number of thioether (sulfide) groups is 1. The van der Waals surface area contributed by atoms with Gasteiger partial charge in [-0.1, -0.05) is 18.2 Å². The summed E-state index contributed by atoms with van der Waals surface area (Å²) in [6.45, 7) is 1.87. The number of rotatable bonds is 2. The van der Waals surface area contributed by atoms with Gasteiger partial charge in [0.25, 0.3) is 5.91 Å². The molecule has 0 radical (unpaired) electrons. The number of Topliss-reactive ketones (excluding diaryl/α,β-unsaturated/α-hetero) is 1. The van der Waals surface area contributed by atoms with Crippen LogP contribution in [0.4, 0.5) is 5.82 Å². The Bertz CT molecular complexity index is 728. The first-order chi connectivity index (χ1) is 10.1. The van der Waals surface area contributed by atoms with Crippen molar-refractivity contribution in [3.63, 3.8) is 0 Å². The van der Waals surface area contributed by atoms with E-state index >= 15 is 0 Å². The summed E-state index contributed by atoms with van der Waals surface area (Å²) < 4.78 is 0. The van der Waals surface area contributed by atoms with Gasteiger partial charge < -0.3 is 5.32 Å². The number of carbonyl (C=O) groups excluding carboxylic acids is 2. The zero-order chi connectivity index (χ0) is 14.8. The Morgan fingerprint density at radius 2 is 2.05 bits per heavy atom. The molecule has 5 heteroatoms. The molecule has 3 rings (SSSR count). The maximum atomic E-state index is 12.4. The van der Waals surface area contributed by atoms with Gasteiger partial charge in [-0.15, -0.1) is 11.8 Å². The van der Waals surface area contributed by atoms with E-state index in [1.165, 1.54) is 0 Å². The Labute approximate surface area is 127 Å². The first kappa shape index (κ1) is 13.8. The fourth-order valence-corrected chi connectivity index (χ4v) is 3.41. The summed E-state index contributed by atoms with van der Waals surface area (Å²) in [5.74, 6) is 1.11. The van der Waals surface area contributed by atoms with E-state index in [2.05, 4.69) is 10.3 Å². The van der Waals surface area contributed by atoms with Crippen molar-refractivity contribution in [1.82, 2.24) is 4.98 Å². The number of aryl methyl sites for hydroxylation is 1. The Kier molecular flexibility index (Phi) is 3.75. The molecule has 0 bridgehead atoms. The fourth-order valence-electron chi connectivity index (χ4n) is 2.27. The fraction of sp³-hybridized carbons (Fsp3) is 0.188. The van der Waals surface area contributed by atoms with Crippen molar-refractivity contribution in [3.05, 3.63) is 53.2 Å². The molecule has 0 spiro atoms. The maximum absolute atomic E-state index is 12.4. The van der Waals surface area contributed by atoms with Crippen LogP contribution in [0.15, 0.2) is 41.3 Å². The van der Waals surface area contributed by atoms with E-state index in [-0.39, 0.29) is 11.7 Å². The smallest absolute Gasteiger partial charge is 0.257 e. The number of fused-ring (bicyclic) bond motifs is 1. The number of benzene rings is 1. The van der Waals surface area contributed by atoms with Crippen molar-refractivity contribution in [2.24, 2.45) is 0 Å². The first-order valence-corrected chi connectivity index (χ1v) is 7.68. The zero-order valence-electron chi connectivity index (χ0n) is 11.6. The third-order valence-corrected chi connectivity index (χ3v) is 4.40. The highest BCUT2D eigenvalue weighted by Gasteiger charge is 2.23. The molecule has 0 fully saturated rings. The normalized spacial score (nSPS) is 13.7. The number of nitrogens with zero attached hydrogens (tertiary/aromatic N) is 1. The second-order valence-corrected chi connectivity index (χ2v) is 5.93. The van der Waals surface area contributed by atoms with Gasteiger partial charge in [0.1, 0.15) is 5.82 Å². The lowest BCUT2D eigenvalue weighted by Gasteiger charge is -2.17. The van der Waals surface area contributed by atoms with Gasteiger partial charge in [-0.3, -0.25) is 9.59 Å². The van der Waals surface area contributed by atoms with Crippen molar-refractivity contribution < 1.29 is 9.59 Å². The second kappa shape index (κ2) is 5.69. The lowest BCUT2D eigenvalue weighted by atomic mass is 10.0. The molecule has 1 amide bonds. The minimum Gasteiger partial charge on any atom is -0.307 e. The zero-order valence-corrected chi connectivity index (χ0v) is 12.4. The number of pyridine rings is 1. The maximum Gasteiger partial charge on any atom is 0.257 e. The summed E-state index contributed by atoms with van der Waals surface area (Å²) in [6, 6.07) is 10.7. The third-order valence-electron chi connectivity index (χ3n) is 3.27. The average molecular weight is 298 g/mol. The summed E-state index contributed by atoms with van der Waals surface area (Å²) in [7, 11) is 0. The number of nitrogens with one attached hydrogen (secondary N) is 1. The van der Waals surface area contributed by atoms with E-state index in [4.69, 9.17) is 0 Å². The van der Waals surface area contributed by atoms with Crippen LogP contribution < -0.4 is 5.32 Å². The lowest BCUT2D eigenvalue weighted by Crippen LogP contribution is -2.17. The van der Waals surface area contributed by atoms with Crippen molar-refractivity contribution >= 4 is 29.3 Å². The number of hydrogen-bond acceptors (Lipinski definition) is 4. The molecule has 1 aromatic carbocycles. The van der Waals surface area contributed by atoms with Gasteiger partial charge in [-0.05, 0) is 25.1 Å². The monoisotopic (exact) mass is 298 g/mol.